The van der Waals surface area contributed by atoms with E-state index < -0.39 is 12.0 Å². The molecule has 1 atom stereocenters. The Labute approximate surface area is 155 Å². The number of carbonyl (C=O) groups is 2. The summed E-state index contributed by atoms with van der Waals surface area (Å²) in [6.07, 6.45) is 4.35. The molecule has 0 radical (unpaired) electrons. The zero-order valence-corrected chi connectivity index (χ0v) is 15.2. The van der Waals surface area contributed by atoms with Gasteiger partial charge in [-0.15, -0.1) is 11.3 Å². The number of carbonyl (C=O) groups excluding carboxylic acids is 1. The molecule has 2 heterocycles. The highest BCUT2D eigenvalue weighted by Gasteiger charge is 2.32. The molecule has 1 aliphatic rings. The van der Waals surface area contributed by atoms with Crippen molar-refractivity contribution in [1.82, 2.24) is 9.88 Å². The van der Waals surface area contributed by atoms with Crippen LogP contribution in [0, 0.1) is 6.92 Å². The van der Waals surface area contributed by atoms with Gasteiger partial charge in [0.05, 0.1) is 10.7 Å². The number of thiazole rings is 1. The van der Waals surface area contributed by atoms with Gasteiger partial charge in [0, 0.05) is 18.0 Å². The first-order chi connectivity index (χ1) is 12.5. The normalized spacial score (nSPS) is 17.0. The van der Waals surface area contributed by atoms with Crippen LogP contribution in [0.5, 0.6) is 5.75 Å². The molecule has 0 spiro atoms. The van der Waals surface area contributed by atoms with Gasteiger partial charge in [-0.25, -0.2) is 9.78 Å². The van der Waals surface area contributed by atoms with Gasteiger partial charge in [-0.2, -0.15) is 0 Å². The Kier molecular flexibility index (Phi) is 5.68. The van der Waals surface area contributed by atoms with Crippen molar-refractivity contribution in [1.29, 1.82) is 0 Å². The van der Waals surface area contributed by atoms with Crippen LogP contribution in [0.2, 0.25) is 0 Å². The van der Waals surface area contributed by atoms with E-state index in [1.54, 1.807) is 17.4 Å². The van der Waals surface area contributed by atoms with Crippen molar-refractivity contribution in [2.24, 2.45) is 0 Å². The molecule has 6 nitrogen and oxygen atoms in total. The Morgan fingerprint density at radius 3 is 2.81 bits per heavy atom. The molecule has 0 bridgehead atoms. The van der Waals surface area contributed by atoms with Crippen molar-refractivity contribution in [2.75, 3.05) is 6.54 Å². The number of ether oxygens (including phenoxy) is 1. The van der Waals surface area contributed by atoms with E-state index in [9.17, 15) is 9.59 Å². The quantitative estimate of drug-likeness (QED) is 0.788. The molecule has 1 amide bonds. The lowest BCUT2D eigenvalue weighted by molar-refractivity contribution is -0.146. The Hall–Kier alpha value is -2.67. The average molecular weight is 372 g/mol. The van der Waals surface area contributed by atoms with Gasteiger partial charge in [0.2, 0.25) is 5.91 Å². The maximum Gasteiger partial charge on any atom is 0.326 e. The molecule has 26 heavy (non-hydrogen) atoms. The minimum Gasteiger partial charge on any atom is -0.487 e. The number of amides is 1. The summed E-state index contributed by atoms with van der Waals surface area (Å²) >= 11 is 1.59. The number of likely N-dealkylation sites (tertiary alicyclic amines) is 1. The van der Waals surface area contributed by atoms with E-state index in [4.69, 9.17) is 9.84 Å². The maximum atomic E-state index is 12.2. The molecule has 1 aromatic carbocycles. The summed E-state index contributed by atoms with van der Waals surface area (Å²) in [5, 5.41) is 12.1. The molecular formula is C19H20N2O4S. The lowest BCUT2D eigenvalue weighted by Crippen LogP contribution is -2.39. The molecule has 1 aliphatic heterocycles. The summed E-state index contributed by atoms with van der Waals surface area (Å²) in [5.74, 6) is -0.486. The first-order valence-corrected chi connectivity index (χ1v) is 9.26. The SMILES string of the molecule is Cc1nc(COc2ccc(/C=C/C(=O)N3CCCC3C(=O)O)cc2)cs1. The van der Waals surface area contributed by atoms with Crippen molar-refractivity contribution >= 4 is 29.3 Å². The van der Waals surface area contributed by atoms with Crippen LogP contribution in [0.3, 0.4) is 0 Å². The summed E-state index contributed by atoms with van der Waals surface area (Å²) < 4.78 is 5.69. The third kappa shape index (κ3) is 4.49. The zero-order chi connectivity index (χ0) is 18.5. The van der Waals surface area contributed by atoms with E-state index in [1.165, 1.54) is 11.0 Å². The van der Waals surface area contributed by atoms with E-state index in [0.717, 1.165) is 28.4 Å². The number of hydrogen-bond donors (Lipinski definition) is 1. The van der Waals surface area contributed by atoms with E-state index in [-0.39, 0.29) is 5.91 Å². The average Bonchev–Trinajstić information content (AvgIpc) is 3.28. The molecule has 0 aliphatic carbocycles. The van der Waals surface area contributed by atoms with Gasteiger partial charge in [-0.3, -0.25) is 4.79 Å². The van der Waals surface area contributed by atoms with Crippen molar-refractivity contribution in [3.05, 3.63) is 52.0 Å². The van der Waals surface area contributed by atoms with Gasteiger partial charge in [-0.1, -0.05) is 12.1 Å². The lowest BCUT2D eigenvalue weighted by atomic mass is 10.2. The smallest absolute Gasteiger partial charge is 0.326 e. The van der Waals surface area contributed by atoms with E-state index >= 15 is 0 Å². The molecule has 0 saturated carbocycles. The lowest BCUT2D eigenvalue weighted by Gasteiger charge is -2.19. The third-order valence-corrected chi connectivity index (χ3v) is 5.00. The summed E-state index contributed by atoms with van der Waals surface area (Å²) in [7, 11) is 0. The minimum absolute atomic E-state index is 0.269. The van der Waals surface area contributed by atoms with Crippen LogP contribution >= 0.6 is 11.3 Å². The second-order valence-corrected chi connectivity index (χ2v) is 7.14. The van der Waals surface area contributed by atoms with Crippen LogP contribution < -0.4 is 4.74 Å². The molecular weight excluding hydrogens is 352 g/mol. The number of nitrogens with zero attached hydrogens (tertiary/aromatic N) is 2. The molecule has 1 saturated heterocycles. The number of aryl methyl sites for hydroxylation is 1. The summed E-state index contributed by atoms with van der Waals surface area (Å²) in [5.41, 5.74) is 1.75. The Balaban J connectivity index is 1.55. The van der Waals surface area contributed by atoms with Crippen LogP contribution in [0.4, 0.5) is 0 Å². The number of aromatic nitrogens is 1. The highest BCUT2D eigenvalue weighted by atomic mass is 32.1. The monoisotopic (exact) mass is 372 g/mol. The predicted octanol–water partition coefficient (Wildman–Crippen LogP) is 3.12. The largest absolute Gasteiger partial charge is 0.487 e. The van der Waals surface area contributed by atoms with E-state index in [2.05, 4.69) is 4.98 Å². The predicted molar refractivity (Wildman–Crippen MR) is 99.0 cm³/mol. The topological polar surface area (TPSA) is 79.7 Å². The van der Waals surface area contributed by atoms with Gasteiger partial charge in [0.1, 0.15) is 18.4 Å². The van der Waals surface area contributed by atoms with Crippen LogP contribution in [-0.2, 0) is 16.2 Å². The second-order valence-electron chi connectivity index (χ2n) is 6.08. The number of rotatable bonds is 6. The Morgan fingerprint density at radius 2 is 2.15 bits per heavy atom. The van der Waals surface area contributed by atoms with Crippen LogP contribution in [0.15, 0.2) is 35.7 Å². The summed E-state index contributed by atoms with van der Waals surface area (Å²) in [6.45, 7) is 2.87. The fraction of sp³-hybridized carbons (Fsp3) is 0.316. The number of hydrogen-bond acceptors (Lipinski definition) is 5. The van der Waals surface area contributed by atoms with E-state index in [0.29, 0.717) is 19.6 Å². The first kappa shape index (κ1) is 18.1. The van der Waals surface area contributed by atoms with Crippen LogP contribution in [0.1, 0.15) is 29.1 Å². The third-order valence-electron chi connectivity index (χ3n) is 4.17. The van der Waals surface area contributed by atoms with Crippen molar-refractivity contribution < 1.29 is 19.4 Å². The number of carboxylic acid groups (broad SMARTS) is 1. The Bertz CT molecular complexity index is 813. The number of aliphatic carboxylic acids is 1. The molecule has 7 heteroatoms. The van der Waals surface area contributed by atoms with Crippen LogP contribution in [-0.4, -0.2) is 39.5 Å². The van der Waals surface area contributed by atoms with Gasteiger partial charge in [0.25, 0.3) is 0 Å². The summed E-state index contributed by atoms with van der Waals surface area (Å²) in [6, 6.07) is 6.66. The van der Waals surface area contributed by atoms with Gasteiger partial charge < -0.3 is 14.7 Å². The standard InChI is InChI=1S/C19H20N2O4S/c1-13-20-15(12-26-13)11-25-16-7-4-14(5-8-16)6-9-18(22)21-10-2-3-17(21)19(23)24/h4-9,12,17H,2-3,10-11H2,1H3,(H,23,24)/b9-6+. The molecule has 136 valence electrons. The Morgan fingerprint density at radius 1 is 1.38 bits per heavy atom. The fourth-order valence-corrected chi connectivity index (χ4v) is 3.45. The van der Waals surface area contributed by atoms with Gasteiger partial charge >= 0.3 is 5.97 Å². The van der Waals surface area contributed by atoms with E-state index in [1.807, 2.05) is 36.6 Å². The zero-order valence-electron chi connectivity index (χ0n) is 14.4. The molecule has 1 unspecified atom stereocenters. The van der Waals surface area contributed by atoms with Crippen LogP contribution in [0.25, 0.3) is 6.08 Å². The molecule has 1 N–H and O–H groups in total. The second kappa shape index (κ2) is 8.14. The highest BCUT2D eigenvalue weighted by Crippen LogP contribution is 2.19. The minimum atomic E-state index is -0.943. The van der Waals surface area contributed by atoms with Crippen molar-refractivity contribution in [2.45, 2.75) is 32.4 Å². The summed E-state index contributed by atoms with van der Waals surface area (Å²) in [4.78, 5) is 29.1. The fourth-order valence-electron chi connectivity index (χ4n) is 2.86. The molecule has 1 fully saturated rings. The maximum absolute atomic E-state index is 12.2. The van der Waals surface area contributed by atoms with Gasteiger partial charge in [0.15, 0.2) is 0 Å². The molecule has 3 rings (SSSR count). The van der Waals surface area contributed by atoms with Crippen molar-refractivity contribution in [3.8, 4) is 5.75 Å². The van der Waals surface area contributed by atoms with Crippen molar-refractivity contribution in [3.63, 3.8) is 0 Å². The van der Waals surface area contributed by atoms with Gasteiger partial charge in [-0.05, 0) is 43.5 Å². The molecule has 2 aromatic rings. The molecule has 1 aromatic heterocycles. The number of carboxylic acids is 1. The highest BCUT2D eigenvalue weighted by molar-refractivity contribution is 7.09. The first-order valence-electron chi connectivity index (χ1n) is 8.38. The number of benzene rings is 1.